The third kappa shape index (κ3) is 2.71. The highest BCUT2D eigenvalue weighted by Crippen LogP contribution is 2.27. The summed E-state index contributed by atoms with van der Waals surface area (Å²) in [7, 11) is 0. The molecule has 0 aliphatic carbocycles. The first-order valence-corrected chi connectivity index (χ1v) is 7.37. The highest BCUT2D eigenvalue weighted by molar-refractivity contribution is 6.22. The number of carbonyl (C=O) groups excluding carboxylic acids is 2. The van der Waals surface area contributed by atoms with Crippen molar-refractivity contribution in [2.24, 2.45) is 0 Å². The molecular formula is C16H20N2O3. The average Bonchev–Trinajstić information content (AvgIpc) is 2.74. The number of nitrogens with zero attached hydrogens (tertiary/aromatic N) is 2. The van der Waals surface area contributed by atoms with Crippen LogP contribution in [0.3, 0.4) is 0 Å². The number of hydrogen-bond donors (Lipinski definition) is 0. The van der Waals surface area contributed by atoms with Gasteiger partial charge in [-0.15, -0.1) is 0 Å². The zero-order valence-corrected chi connectivity index (χ0v) is 12.4. The zero-order chi connectivity index (χ0) is 15.0. The molecule has 2 aliphatic rings. The van der Waals surface area contributed by atoms with E-state index in [0.29, 0.717) is 18.8 Å². The molecule has 21 heavy (non-hydrogen) atoms. The Bertz CT molecular complexity index is 536. The van der Waals surface area contributed by atoms with Gasteiger partial charge in [-0.2, -0.15) is 0 Å². The summed E-state index contributed by atoms with van der Waals surface area (Å²) in [5.74, 6) is -0.240. The van der Waals surface area contributed by atoms with Crippen LogP contribution < -0.4 is 4.90 Å². The second-order valence-electron chi connectivity index (χ2n) is 5.83. The molecule has 2 saturated heterocycles. The minimum Gasteiger partial charge on any atom is -0.373 e. The van der Waals surface area contributed by atoms with Gasteiger partial charge in [0.15, 0.2) is 0 Å². The Balaban J connectivity index is 1.80. The van der Waals surface area contributed by atoms with E-state index >= 15 is 0 Å². The molecule has 5 nitrogen and oxygen atoms in total. The molecule has 3 unspecified atom stereocenters. The van der Waals surface area contributed by atoms with Crippen LogP contribution >= 0.6 is 0 Å². The smallest absolute Gasteiger partial charge is 0.251 e. The molecule has 2 aliphatic heterocycles. The van der Waals surface area contributed by atoms with Gasteiger partial charge in [-0.25, -0.2) is 4.90 Å². The summed E-state index contributed by atoms with van der Waals surface area (Å²) in [5, 5.41) is 0. The largest absolute Gasteiger partial charge is 0.373 e. The first-order chi connectivity index (χ1) is 10.1. The van der Waals surface area contributed by atoms with Gasteiger partial charge in [0.2, 0.25) is 5.91 Å². The van der Waals surface area contributed by atoms with Crippen molar-refractivity contribution in [3.8, 4) is 0 Å². The Hall–Kier alpha value is -1.72. The Kier molecular flexibility index (Phi) is 3.78. The SMILES string of the molecule is CC1CN(C2CC(=O)N(c3ccccc3)C2=O)CC(C)O1. The van der Waals surface area contributed by atoms with Crippen LogP contribution in [0.25, 0.3) is 0 Å². The minimum absolute atomic E-state index is 0.0856. The lowest BCUT2D eigenvalue weighted by Gasteiger charge is -2.37. The van der Waals surface area contributed by atoms with Crippen LogP contribution in [0.1, 0.15) is 20.3 Å². The predicted octanol–water partition coefficient (Wildman–Crippen LogP) is 1.43. The Morgan fingerprint density at radius 1 is 1.05 bits per heavy atom. The molecule has 0 N–H and O–H groups in total. The van der Waals surface area contributed by atoms with Gasteiger partial charge in [-0.3, -0.25) is 14.5 Å². The third-order valence-corrected chi connectivity index (χ3v) is 4.03. The van der Waals surface area contributed by atoms with Crippen molar-refractivity contribution in [2.45, 2.75) is 38.5 Å². The van der Waals surface area contributed by atoms with E-state index < -0.39 is 0 Å². The van der Waals surface area contributed by atoms with Crippen LogP contribution in [0, 0.1) is 0 Å². The Labute approximate surface area is 124 Å². The maximum absolute atomic E-state index is 12.7. The van der Waals surface area contributed by atoms with Gasteiger partial charge in [-0.1, -0.05) is 18.2 Å². The van der Waals surface area contributed by atoms with Crippen LogP contribution in [-0.2, 0) is 14.3 Å². The van der Waals surface area contributed by atoms with E-state index in [1.807, 2.05) is 32.0 Å². The average molecular weight is 288 g/mol. The molecule has 5 heteroatoms. The van der Waals surface area contributed by atoms with E-state index in [0.717, 1.165) is 0 Å². The predicted molar refractivity (Wildman–Crippen MR) is 78.9 cm³/mol. The highest BCUT2D eigenvalue weighted by atomic mass is 16.5. The van der Waals surface area contributed by atoms with Gasteiger partial charge in [0.25, 0.3) is 5.91 Å². The normalized spacial score (nSPS) is 31.0. The van der Waals surface area contributed by atoms with Crippen LogP contribution in [-0.4, -0.2) is 48.1 Å². The van der Waals surface area contributed by atoms with Crippen molar-refractivity contribution in [1.82, 2.24) is 4.90 Å². The molecule has 2 fully saturated rings. The number of carbonyl (C=O) groups is 2. The summed E-state index contributed by atoms with van der Waals surface area (Å²) in [6, 6.07) is 8.78. The topological polar surface area (TPSA) is 49.9 Å². The fourth-order valence-electron chi connectivity index (χ4n) is 3.22. The van der Waals surface area contributed by atoms with Crippen LogP contribution in [0.15, 0.2) is 30.3 Å². The fourth-order valence-corrected chi connectivity index (χ4v) is 3.22. The number of rotatable bonds is 2. The van der Waals surface area contributed by atoms with E-state index in [-0.39, 0.29) is 36.5 Å². The fraction of sp³-hybridized carbons (Fsp3) is 0.500. The van der Waals surface area contributed by atoms with Crippen molar-refractivity contribution in [2.75, 3.05) is 18.0 Å². The van der Waals surface area contributed by atoms with Crippen molar-refractivity contribution >= 4 is 17.5 Å². The van der Waals surface area contributed by atoms with E-state index in [2.05, 4.69) is 4.90 Å². The molecule has 0 radical (unpaired) electrons. The van der Waals surface area contributed by atoms with Gasteiger partial charge >= 0.3 is 0 Å². The summed E-state index contributed by atoms with van der Waals surface area (Å²) in [4.78, 5) is 28.3. The molecule has 0 spiro atoms. The van der Waals surface area contributed by atoms with Gasteiger partial charge < -0.3 is 4.74 Å². The molecule has 3 rings (SSSR count). The zero-order valence-electron chi connectivity index (χ0n) is 12.4. The molecule has 0 bridgehead atoms. The minimum atomic E-state index is -0.355. The standard InChI is InChI=1S/C16H20N2O3/c1-11-9-17(10-12(2)21-11)14-8-15(19)18(16(14)20)13-6-4-3-5-7-13/h3-7,11-12,14H,8-10H2,1-2H3. The summed E-state index contributed by atoms with van der Waals surface area (Å²) in [6.45, 7) is 5.38. The summed E-state index contributed by atoms with van der Waals surface area (Å²) < 4.78 is 5.70. The number of para-hydroxylation sites is 1. The number of benzene rings is 1. The molecular weight excluding hydrogens is 268 g/mol. The van der Waals surface area contributed by atoms with Crippen molar-refractivity contribution in [3.63, 3.8) is 0 Å². The second kappa shape index (κ2) is 5.58. The summed E-state index contributed by atoms with van der Waals surface area (Å²) >= 11 is 0. The first-order valence-electron chi connectivity index (χ1n) is 7.37. The quantitative estimate of drug-likeness (QED) is 0.773. The molecule has 2 amide bonds. The number of ether oxygens (including phenoxy) is 1. The molecule has 112 valence electrons. The van der Waals surface area contributed by atoms with E-state index in [1.165, 1.54) is 4.90 Å². The Morgan fingerprint density at radius 3 is 2.29 bits per heavy atom. The van der Waals surface area contributed by atoms with Crippen LogP contribution in [0.4, 0.5) is 5.69 Å². The maximum Gasteiger partial charge on any atom is 0.251 e. The maximum atomic E-state index is 12.7. The van der Waals surface area contributed by atoms with Crippen molar-refractivity contribution in [3.05, 3.63) is 30.3 Å². The lowest BCUT2D eigenvalue weighted by Crippen LogP contribution is -2.52. The number of hydrogen-bond acceptors (Lipinski definition) is 4. The molecule has 2 heterocycles. The summed E-state index contributed by atoms with van der Waals surface area (Å²) in [5.41, 5.74) is 0.657. The van der Waals surface area contributed by atoms with E-state index in [4.69, 9.17) is 4.74 Å². The number of anilines is 1. The van der Waals surface area contributed by atoms with Gasteiger partial charge in [0.05, 0.1) is 30.4 Å². The van der Waals surface area contributed by atoms with E-state index in [9.17, 15) is 9.59 Å². The van der Waals surface area contributed by atoms with Crippen molar-refractivity contribution < 1.29 is 14.3 Å². The monoisotopic (exact) mass is 288 g/mol. The number of amides is 2. The molecule has 0 aromatic heterocycles. The Morgan fingerprint density at radius 2 is 1.67 bits per heavy atom. The van der Waals surface area contributed by atoms with Crippen LogP contribution in [0.5, 0.6) is 0 Å². The number of morpholine rings is 1. The van der Waals surface area contributed by atoms with Crippen molar-refractivity contribution in [1.29, 1.82) is 0 Å². The molecule has 0 saturated carbocycles. The lowest BCUT2D eigenvalue weighted by atomic mass is 10.1. The van der Waals surface area contributed by atoms with E-state index in [1.54, 1.807) is 12.1 Å². The highest BCUT2D eigenvalue weighted by Gasteiger charge is 2.44. The van der Waals surface area contributed by atoms with Gasteiger partial charge in [0, 0.05) is 13.1 Å². The van der Waals surface area contributed by atoms with Gasteiger partial charge in [-0.05, 0) is 26.0 Å². The summed E-state index contributed by atoms with van der Waals surface area (Å²) in [6.07, 6.45) is 0.428. The second-order valence-corrected chi connectivity index (χ2v) is 5.83. The van der Waals surface area contributed by atoms with Gasteiger partial charge in [0.1, 0.15) is 0 Å². The molecule has 1 aromatic carbocycles. The number of imide groups is 1. The first kappa shape index (κ1) is 14.2. The third-order valence-electron chi connectivity index (χ3n) is 4.03. The molecule has 1 aromatic rings. The lowest BCUT2D eigenvalue weighted by molar-refractivity contribution is -0.127. The van der Waals surface area contributed by atoms with Crippen LogP contribution in [0.2, 0.25) is 0 Å². The molecule has 3 atom stereocenters.